The van der Waals surface area contributed by atoms with Gasteiger partial charge in [0.1, 0.15) is 5.75 Å². The van der Waals surface area contributed by atoms with Crippen LogP contribution in [-0.4, -0.2) is 29.0 Å². The molecule has 1 aliphatic heterocycles. The third-order valence-electron chi connectivity index (χ3n) is 3.33. The molecule has 3 N–H and O–H groups in total. The average molecular weight is 234 g/mol. The van der Waals surface area contributed by atoms with E-state index >= 15 is 0 Å². The summed E-state index contributed by atoms with van der Waals surface area (Å²) in [5, 5.41) is 9.19. The molecule has 1 saturated heterocycles. The zero-order chi connectivity index (χ0) is 12.3. The third-order valence-corrected chi connectivity index (χ3v) is 3.33. The van der Waals surface area contributed by atoms with Crippen molar-refractivity contribution in [2.75, 3.05) is 13.1 Å². The van der Waals surface area contributed by atoms with Gasteiger partial charge in [-0.1, -0.05) is 12.1 Å². The number of carbonyl (C=O) groups is 1. The van der Waals surface area contributed by atoms with E-state index in [1.807, 2.05) is 12.1 Å². The number of hydrogen-bond acceptors (Lipinski definition) is 3. The second-order valence-corrected chi connectivity index (χ2v) is 4.62. The van der Waals surface area contributed by atoms with Gasteiger partial charge in [-0.15, -0.1) is 0 Å². The summed E-state index contributed by atoms with van der Waals surface area (Å²) in [6.07, 6.45) is 1.71. The SMILES string of the molecule is NC(=O)C1CCN(Cc2ccc(O)cc2)CC1. The molecule has 0 aromatic heterocycles. The molecule has 1 aromatic carbocycles. The van der Waals surface area contributed by atoms with Crippen LogP contribution in [0, 0.1) is 5.92 Å². The van der Waals surface area contributed by atoms with Crippen molar-refractivity contribution in [2.24, 2.45) is 11.7 Å². The molecule has 92 valence electrons. The van der Waals surface area contributed by atoms with Crippen molar-refractivity contribution in [1.29, 1.82) is 0 Å². The van der Waals surface area contributed by atoms with Gasteiger partial charge in [0.25, 0.3) is 0 Å². The number of nitrogens with two attached hydrogens (primary N) is 1. The molecular formula is C13H18N2O2. The first-order valence-electron chi connectivity index (χ1n) is 5.95. The molecule has 1 fully saturated rings. The molecule has 0 atom stereocenters. The number of aromatic hydroxyl groups is 1. The quantitative estimate of drug-likeness (QED) is 0.822. The fraction of sp³-hybridized carbons (Fsp3) is 0.462. The predicted molar refractivity (Wildman–Crippen MR) is 65.3 cm³/mol. The van der Waals surface area contributed by atoms with Crippen LogP contribution in [0.4, 0.5) is 0 Å². The fourth-order valence-corrected chi connectivity index (χ4v) is 2.24. The molecule has 4 heteroatoms. The summed E-state index contributed by atoms with van der Waals surface area (Å²) in [4.78, 5) is 13.3. The van der Waals surface area contributed by atoms with Gasteiger partial charge in [-0.25, -0.2) is 0 Å². The van der Waals surface area contributed by atoms with E-state index in [1.165, 1.54) is 5.56 Å². The Morgan fingerprint density at radius 2 is 1.88 bits per heavy atom. The van der Waals surface area contributed by atoms with E-state index in [4.69, 9.17) is 5.73 Å². The van der Waals surface area contributed by atoms with Crippen molar-refractivity contribution in [3.63, 3.8) is 0 Å². The highest BCUT2D eigenvalue weighted by Crippen LogP contribution is 2.19. The Bertz CT molecular complexity index is 381. The van der Waals surface area contributed by atoms with Crippen LogP contribution in [0.1, 0.15) is 18.4 Å². The lowest BCUT2D eigenvalue weighted by molar-refractivity contribution is -0.123. The minimum atomic E-state index is -0.172. The van der Waals surface area contributed by atoms with E-state index in [1.54, 1.807) is 12.1 Å². The average Bonchev–Trinajstić information content (AvgIpc) is 2.33. The van der Waals surface area contributed by atoms with E-state index in [-0.39, 0.29) is 11.8 Å². The lowest BCUT2D eigenvalue weighted by Crippen LogP contribution is -2.38. The highest BCUT2D eigenvalue weighted by molar-refractivity contribution is 5.76. The summed E-state index contributed by atoms with van der Waals surface area (Å²) in [5.41, 5.74) is 6.48. The van der Waals surface area contributed by atoms with Gasteiger partial charge in [-0.3, -0.25) is 9.69 Å². The van der Waals surface area contributed by atoms with Gasteiger partial charge in [0, 0.05) is 12.5 Å². The summed E-state index contributed by atoms with van der Waals surface area (Å²) >= 11 is 0. The monoisotopic (exact) mass is 234 g/mol. The van der Waals surface area contributed by atoms with Crippen LogP contribution in [0.25, 0.3) is 0 Å². The second-order valence-electron chi connectivity index (χ2n) is 4.62. The van der Waals surface area contributed by atoms with Crippen molar-refractivity contribution in [1.82, 2.24) is 4.90 Å². The Morgan fingerprint density at radius 3 is 2.41 bits per heavy atom. The summed E-state index contributed by atoms with van der Waals surface area (Å²) in [6, 6.07) is 7.25. The minimum absolute atomic E-state index is 0.0473. The number of phenols is 1. The van der Waals surface area contributed by atoms with E-state index in [0.29, 0.717) is 5.75 Å². The van der Waals surface area contributed by atoms with Crippen LogP contribution < -0.4 is 5.73 Å². The predicted octanol–water partition coefficient (Wildman–Crippen LogP) is 1.09. The second kappa shape index (κ2) is 5.19. The number of nitrogens with zero attached hydrogens (tertiary/aromatic N) is 1. The van der Waals surface area contributed by atoms with Crippen LogP contribution in [0.5, 0.6) is 5.75 Å². The number of hydrogen-bond donors (Lipinski definition) is 2. The van der Waals surface area contributed by atoms with Gasteiger partial charge in [-0.05, 0) is 43.6 Å². The van der Waals surface area contributed by atoms with Gasteiger partial charge in [0.05, 0.1) is 0 Å². The Labute approximate surface area is 101 Å². The van der Waals surface area contributed by atoms with E-state index in [9.17, 15) is 9.90 Å². The van der Waals surface area contributed by atoms with Gasteiger partial charge >= 0.3 is 0 Å². The summed E-state index contributed by atoms with van der Waals surface area (Å²) < 4.78 is 0. The molecule has 1 heterocycles. The zero-order valence-corrected chi connectivity index (χ0v) is 9.80. The van der Waals surface area contributed by atoms with Crippen molar-refractivity contribution >= 4 is 5.91 Å². The number of amides is 1. The number of primary amides is 1. The number of phenolic OH excluding ortho intramolecular Hbond substituents is 1. The lowest BCUT2D eigenvalue weighted by Gasteiger charge is -2.30. The first-order valence-corrected chi connectivity index (χ1v) is 5.95. The number of carbonyl (C=O) groups excluding carboxylic acids is 1. The Hall–Kier alpha value is -1.55. The molecular weight excluding hydrogens is 216 g/mol. The summed E-state index contributed by atoms with van der Waals surface area (Å²) in [6.45, 7) is 2.69. The van der Waals surface area contributed by atoms with E-state index < -0.39 is 0 Å². The van der Waals surface area contributed by atoms with Gasteiger partial charge in [-0.2, -0.15) is 0 Å². The Morgan fingerprint density at radius 1 is 1.29 bits per heavy atom. The number of likely N-dealkylation sites (tertiary alicyclic amines) is 1. The molecule has 1 aromatic rings. The lowest BCUT2D eigenvalue weighted by atomic mass is 9.96. The maximum atomic E-state index is 11.0. The number of piperidine rings is 1. The van der Waals surface area contributed by atoms with Crippen molar-refractivity contribution in [3.05, 3.63) is 29.8 Å². The van der Waals surface area contributed by atoms with Crippen LogP contribution in [0.2, 0.25) is 0 Å². The van der Waals surface area contributed by atoms with Crippen LogP contribution in [-0.2, 0) is 11.3 Å². The largest absolute Gasteiger partial charge is 0.508 e. The van der Waals surface area contributed by atoms with E-state index in [0.717, 1.165) is 32.5 Å². The molecule has 1 aliphatic rings. The highest BCUT2D eigenvalue weighted by atomic mass is 16.3. The van der Waals surface area contributed by atoms with Crippen LogP contribution in [0.3, 0.4) is 0 Å². The standard InChI is InChI=1S/C13H18N2O2/c14-13(17)11-5-7-15(8-6-11)9-10-1-3-12(16)4-2-10/h1-4,11,16H,5-9H2,(H2,14,17). The number of benzene rings is 1. The topological polar surface area (TPSA) is 66.6 Å². The third kappa shape index (κ3) is 3.20. The highest BCUT2D eigenvalue weighted by Gasteiger charge is 2.22. The molecule has 4 nitrogen and oxygen atoms in total. The molecule has 1 amide bonds. The molecule has 2 rings (SSSR count). The van der Waals surface area contributed by atoms with Crippen molar-refractivity contribution < 1.29 is 9.90 Å². The Balaban J connectivity index is 1.85. The normalized spacial score (nSPS) is 18.1. The molecule has 0 aliphatic carbocycles. The van der Waals surface area contributed by atoms with Gasteiger partial charge in [0.2, 0.25) is 5.91 Å². The van der Waals surface area contributed by atoms with Crippen molar-refractivity contribution in [3.8, 4) is 5.75 Å². The first kappa shape index (κ1) is 11.9. The number of rotatable bonds is 3. The van der Waals surface area contributed by atoms with Gasteiger partial charge in [0.15, 0.2) is 0 Å². The maximum Gasteiger partial charge on any atom is 0.220 e. The summed E-state index contributed by atoms with van der Waals surface area (Å²) in [7, 11) is 0. The summed E-state index contributed by atoms with van der Waals surface area (Å²) in [5.74, 6) is 0.168. The maximum absolute atomic E-state index is 11.0. The van der Waals surface area contributed by atoms with Crippen molar-refractivity contribution in [2.45, 2.75) is 19.4 Å². The smallest absolute Gasteiger partial charge is 0.220 e. The van der Waals surface area contributed by atoms with Crippen LogP contribution >= 0.6 is 0 Å². The molecule has 17 heavy (non-hydrogen) atoms. The molecule has 0 saturated carbocycles. The molecule has 0 bridgehead atoms. The fourth-order valence-electron chi connectivity index (χ4n) is 2.24. The molecule has 0 unspecified atom stereocenters. The zero-order valence-electron chi connectivity index (χ0n) is 9.80. The first-order chi connectivity index (χ1) is 8.15. The molecule has 0 spiro atoms. The minimum Gasteiger partial charge on any atom is -0.508 e. The van der Waals surface area contributed by atoms with Crippen LogP contribution in [0.15, 0.2) is 24.3 Å². The Kier molecular flexibility index (Phi) is 3.64. The molecule has 0 radical (unpaired) electrons. The van der Waals surface area contributed by atoms with E-state index in [2.05, 4.69) is 4.90 Å². The van der Waals surface area contributed by atoms with Gasteiger partial charge < -0.3 is 10.8 Å².